The van der Waals surface area contributed by atoms with Crippen molar-refractivity contribution in [2.24, 2.45) is 17.8 Å². The summed E-state index contributed by atoms with van der Waals surface area (Å²) in [6.07, 6.45) is 3.76. The highest BCUT2D eigenvalue weighted by Crippen LogP contribution is 2.33. The van der Waals surface area contributed by atoms with E-state index in [0.29, 0.717) is 6.04 Å². The lowest BCUT2D eigenvalue weighted by atomic mass is 9.74. The maximum atomic E-state index is 9.31. The second-order valence-corrected chi connectivity index (χ2v) is 5.69. The van der Waals surface area contributed by atoms with Crippen molar-refractivity contribution in [1.29, 1.82) is 0 Å². The van der Waals surface area contributed by atoms with E-state index >= 15 is 0 Å². The molecule has 1 rings (SSSR count). The number of aliphatic hydroxyl groups excluding tert-OH is 1. The minimum Gasteiger partial charge on any atom is -0.392 e. The van der Waals surface area contributed by atoms with Crippen LogP contribution in [0.5, 0.6) is 0 Å². The van der Waals surface area contributed by atoms with Crippen molar-refractivity contribution in [1.82, 2.24) is 5.32 Å². The fourth-order valence-electron chi connectivity index (χ4n) is 2.76. The lowest BCUT2D eigenvalue weighted by Crippen LogP contribution is -2.45. The van der Waals surface area contributed by atoms with Crippen LogP contribution in [-0.2, 0) is 0 Å². The average Bonchev–Trinajstić information content (AvgIpc) is 2.14. The monoisotopic (exact) mass is 213 g/mol. The van der Waals surface area contributed by atoms with Crippen LogP contribution in [0.3, 0.4) is 0 Å². The molecule has 0 heterocycles. The van der Waals surface area contributed by atoms with Gasteiger partial charge in [-0.05, 0) is 37.5 Å². The summed E-state index contributed by atoms with van der Waals surface area (Å²) in [5.74, 6) is 2.38. The largest absolute Gasteiger partial charge is 0.392 e. The van der Waals surface area contributed by atoms with E-state index < -0.39 is 0 Å². The van der Waals surface area contributed by atoms with Gasteiger partial charge in [0.25, 0.3) is 0 Å². The van der Waals surface area contributed by atoms with Crippen LogP contribution in [0.4, 0.5) is 0 Å². The first kappa shape index (κ1) is 13.0. The van der Waals surface area contributed by atoms with E-state index in [1.807, 2.05) is 6.92 Å². The Bertz CT molecular complexity index is 179. The Morgan fingerprint density at radius 2 is 1.93 bits per heavy atom. The Morgan fingerprint density at radius 1 is 1.27 bits per heavy atom. The van der Waals surface area contributed by atoms with E-state index in [2.05, 4.69) is 26.1 Å². The molecule has 0 spiro atoms. The molecule has 0 radical (unpaired) electrons. The fourth-order valence-corrected chi connectivity index (χ4v) is 2.76. The third-order valence-electron chi connectivity index (χ3n) is 3.70. The fraction of sp³-hybridized carbons (Fsp3) is 1.00. The summed E-state index contributed by atoms with van der Waals surface area (Å²) >= 11 is 0. The van der Waals surface area contributed by atoms with E-state index in [1.165, 1.54) is 19.3 Å². The van der Waals surface area contributed by atoms with Crippen LogP contribution in [0.2, 0.25) is 0 Å². The number of aliphatic hydroxyl groups is 1. The topological polar surface area (TPSA) is 32.3 Å². The van der Waals surface area contributed by atoms with Crippen molar-refractivity contribution in [3.63, 3.8) is 0 Å². The van der Waals surface area contributed by atoms with Gasteiger partial charge in [-0.1, -0.05) is 27.2 Å². The number of rotatable bonds is 4. The average molecular weight is 213 g/mol. The molecular weight excluding hydrogens is 186 g/mol. The predicted octanol–water partition coefficient (Wildman–Crippen LogP) is 2.42. The highest BCUT2D eigenvalue weighted by Gasteiger charge is 2.30. The van der Waals surface area contributed by atoms with Crippen LogP contribution in [-0.4, -0.2) is 23.8 Å². The predicted molar refractivity (Wildman–Crippen MR) is 64.8 cm³/mol. The van der Waals surface area contributed by atoms with E-state index in [4.69, 9.17) is 0 Å². The van der Waals surface area contributed by atoms with Gasteiger partial charge < -0.3 is 10.4 Å². The summed E-state index contributed by atoms with van der Waals surface area (Å²) in [4.78, 5) is 0. The standard InChI is InChI=1S/C13H27NO/c1-9(2)12-6-5-10(3)7-13(12)14-8-11(4)15/h9-15H,5-8H2,1-4H3/t10?,11-,12?,13?/m1/s1. The molecule has 0 saturated heterocycles. The van der Waals surface area contributed by atoms with Gasteiger partial charge in [-0.25, -0.2) is 0 Å². The molecular formula is C13H27NO. The summed E-state index contributed by atoms with van der Waals surface area (Å²) in [7, 11) is 0. The highest BCUT2D eigenvalue weighted by atomic mass is 16.3. The maximum absolute atomic E-state index is 9.31. The van der Waals surface area contributed by atoms with Crippen LogP contribution < -0.4 is 5.32 Å². The third-order valence-corrected chi connectivity index (χ3v) is 3.70. The van der Waals surface area contributed by atoms with Gasteiger partial charge in [0.2, 0.25) is 0 Å². The van der Waals surface area contributed by atoms with Gasteiger partial charge in [0, 0.05) is 12.6 Å². The number of nitrogens with one attached hydrogen (secondary N) is 1. The first-order valence-corrected chi connectivity index (χ1v) is 6.42. The molecule has 0 aromatic carbocycles. The van der Waals surface area contributed by atoms with Crippen LogP contribution in [0, 0.1) is 17.8 Å². The highest BCUT2D eigenvalue weighted by molar-refractivity contribution is 4.85. The van der Waals surface area contributed by atoms with E-state index in [-0.39, 0.29) is 6.10 Å². The van der Waals surface area contributed by atoms with Gasteiger partial charge in [0.05, 0.1) is 6.10 Å². The third kappa shape index (κ3) is 4.12. The van der Waals surface area contributed by atoms with Gasteiger partial charge in [-0.15, -0.1) is 0 Å². The molecule has 0 aromatic rings. The van der Waals surface area contributed by atoms with Gasteiger partial charge in [0.15, 0.2) is 0 Å². The molecule has 0 amide bonds. The first-order chi connectivity index (χ1) is 7.00. The van der Waals surface area contributed by atoms with Crippen molar-refractivity contribution in [2.75, 3.05) is 6.54 Å². The molecule has 0 bridgehead atoms. The van der Waals surface area contributed by atoms with Gasteiger partial charge >= 0.3 is 0 Å². The first-order valence-electron chi connectivity index (χ1n) is 6.42. The lowest BCUT2D eigenvalue weighted by molar-refractivity contribution is 0.138. The molecule has 3 unspecified atom stereocenters. The minimum atomic E-state index is -0.227. The van der Waals surface area contributed by atoms with Gasteiger partial charge in [0.1, 0.15) is 0 Å². The molecule has 90 valence electrons. The Labute approximate surface area is 94.5 Å². The van der Waals surface area contributed by atoms with E-state index in [9.17, 15) is 5.11 Å². The molecule has 1 aliphatic rings. The number of hydrogen-bond acceptors (Lipinski definition) is 2. The van der Waals surface area contributed by atoms with Crippen molar-refractivity contribution >= 4 is 0 Å². The van der Waals surface area contributed by atoms with Crippen LogP contribution in [0.1, 0.15) is 47.0 Å². The molecule has 4 atom stereocenters. The summed E-state index contributed by atoms with van der Waals surface area (Å²) < 4.78 is 0. The Morgan fingerprint density at radius 3 is 2.47 bits per heavy atom. The molecule has 0 aliphatic heterocycles. The quantitative estimate of drug-likeness (QED) is 0.751. The molecule has 2 N–H and O–H groups in total. The summed E-state index contributed by atoms with van der Waals surface area (Å²) in [6.45, 7) is 9.56. The van der Waals surface area contributed by atoms with Crippen molar-refractivity contribution < 1.29 is 5.11 Å². The Kier molecular flexibility index (Phi) is 5.07. The second-order valence-electron chi connectivity index (χ2n) is 5.69. The minimum absolute atomic E-state index is 0.227. The normalized spacial score (nSPS) is 34.4. The van der Waals surface area contributed by atoms with Gasteiger partial charge in [-0.2, -0.15) is 0 Å². The smallest absolute Gasteiger partial charge is 0.0636 e. The SMILES string of the molecule is CC1CCC(C(C)C)C(NC[C@@H](C)O)C1. The molecule has 1 aliphatic carbocycles. The Balaban J connectivity index is 2.46. The second kappa shape index (κ2) is 5.86. The molecule has 0 aromatic heterocycles. The molecule has 2 heteroatoms. The van der Waals surface area contributed by atoms with Crippen molar-refractivity contribution in [3.05, 3.63) is 0 Å². The molecule has 1 saturated carbocycles. The summed E-state index contributed by atoms with van der Waals surface area (Å²) in [5, 5.41) is 12.8. The van der Waals surface area contributed by atoms with E-state index in [1.54, 1.807) is 0 Å². The number of hydrogen-bond donors (Lipinski definition) is 2. The molecule has 1 fully saturated rings. The molecule has 15 heavy (non-hydrogen) atoms. The Hall–Kier alpha value is -0.0800. The zero-order valence-electron chi connectivity index (χ0n) is 10.7. The maximum Gasteiger partial charge on any atom is 0.0636 e. The van der Waals surface area contributed by atoms with Crippen LogP contribution >= 0.6 is 0 Å². The van der Waals surface area contributed by atoms with Gasteiger partial charge in [-0.3, -0.25) is 0 Å². The lowest BCUT2D eigenvalue weighted by Gasteiger charge is -2.38. The van der Waals surface area contributed by atoms with Crippen LogP contribution in [0.15, 0.2) is 0 Å². The van der Waals surface area contributed by atoms with Crippen molar-refractivity contribution in [2.45, 2.75) is 59.1 Å². The summed E-state index contributed by atoms with van der Waals surface area (Å²) in [5.41, 5.74) is 0. The van der Waals surface area contributed by atoms with Crippen LogP contribution in [0.25, 0.3) is 0 Å². The van der Waals surface area contributed by atoms with E-state index in [0.717, 1.165) is 24.3 Å². The summed E-state index contributed by atoms with van der Waals surface area (Å²) in [6, 6.07) is 0.614. The zero-order chi connectivity index (χ0) is 11.4. The van der Waals surface area contributed by atoms with Crippen molar-refractivity contribution in [3.8, 4) is 0 Å². The molecule has 2 nitrogen and oxygen atoms in total. The zero-order valence-corrected chi connectivity index (χ0v) is 10.7.